The van der Waals surface area contributed by atoms with Crippen LogP contribution < -0.4 is 19.5 Å². The lowest BCUT2D eigenvalue weighted by Gasteiger charge is -2.13. The standard InChI is InChI=1S/C21H22N2O4S/c1-15-4-13-21(27-3)20(14-15)22-16-5-7-17(8-6-16)23-28(24,25)19-11-9-18(26-2)10-12-19/h4-14,22-23H,1-3H3. The summed E-state index contributed by atoms with van der Waals surface area (Å²) in [6.45, 7) is 2.00. The van der Waals surface area contributed by atoms with Crippen molar-refractivity contribution < 1.29 is 17.9 Å². The van der Waals surface area contributed by atoms with Crippen LogP contribution in [0, 0.1) is 6.92 Å². The van der Waals surface area contributed by atoms with Crippen LogP contribution in [0.4, 0.5) is 17.1 Å². The summed E-state index contributed by atoms with van der Waals surface area (Å²) in [5.41, 5.74) is 3.23. The Labute approximate surface area is 165 Å². The molecule has 0 amide bonds. The number of aryl methyl sites for hydroxylation is 1. The Morgan fingerprint density at radius 3 is 2.04 bits per heavy atom. The van der Waals surface area contributed by atoms with Gasteiger partial charge in [-0.25, -0.2) is 8.42 Å². The third-order valence-electron chi connectivity index (χ3n) is 4.14. The van der Waals surface area contributed by atoms with Gasteiger partial charge in [-0.2, -0.15) is 0 Å². The molecule has 0 saturated heterocycles. The van der Waals surface area contributed by atoms with Crippen molar-refractivity contribution in [1.29, 1.82) is 0 Å². The number of anilines is 3. The summed E-state index contributed by atoms with van der Waals surface area (Å²) >= 11 is 0. The minimum absolute atomic E-state index is 0.167. The van der Waals surface area contributed by atoms with Gasteiger partial charge in [0, 0.05) is 11.4 Å². The van der Waals surface area contributed by atoms with Crippen molar-refractivity contribution in [3.63, 3.8) is 0 Å². The highest BCUT2D eigenvalue weighted by atomic mass is 32.2. The molecule has 0 radical (unpaired) electrons. The number of benzene rings is 3. The van der Waals surface area contributed by atoms with E-state index in [2.05, 4.69) is 10.0 Å². The Morgan fingerprint density at radius 1 is 0.786 bits per heavy atom. The molecule has 0 saturated carbocycles. The first-order valence-electron chi connectivity index (χ1n) is 8.60. The fourth-order valence-corrected chi connectivity index (χ4v) is 3.72. The van der Waals surface area contributed by atoms with Crippen LogP contribution in [0.3, 0.4) is 0 Å². The van der Waals surface area contributed by atoms with Gasteiger partial charge < -0.3 is 14.8 Å². The first kappa shape index (κ1) is 19.6. The predicted octanol–water partition coefficient (Wildman–Crippen LogP) is 4.56. The van der Waals surface area contributed by atoms with E-state index in [0.29, 0.717) is 11.4 Å². The van der Waals surface area contributed by atoms with Crippen molar-refractivity contribution in [2.45, 2.75) is 11.8 Å². The summed E-state index contributed by atoms with van der Waals surface area (Å²) < 4.78 is 38.0. The van der Waals surface area contributed by atoms with Gasteiger partial charge in [0.15, 0.2) is 0 Å². The molecule has 3 aromatic carbocycles. The van der Waals surface area contributed by atoms with Gasteiger partial charge in [0.25, 0.3) is 10.0 Å². The highest BCUT2D eigenvalue weighted by Gasteiger charge is 2.14. The highest BCUT2D eigenvalue weighted by molar-refractivity contribution is 7.92. The van der Waals surface area contributed by atoms with Crippen LogP contribution in [0.1, 0.15) is 5.56 Å². The molecule has 0 fully saturated rings. The zero-order chi connectivity index (χ0) is 20.1. The summed E-state index contributed by atoms with van der Waals surface area (Å²) in [7, 11) is -0.523. The molecule has 0 spiro atoms. The summed E-state index contributed by atoms with van der Waals surface area (Å²) in [5, 5.41) is 3.28. The van der Waals surface area contributed by atoms with E-state index in [1.165, 1.54) is 19.2 Å². The third-order valence-corrected chi connectivity index (χ3v) is 5.54. The smallest absolute Gasteiger partial charge is 0.261 e. The van der Waals surface area contributed by atoms with Gasteiger partial charge in [-0.1, -0.05) is 6.07 Å². The fraction of sp³-hybridized carbons (Fsp3) is 0.143. The monoisotopic (exact) mass is 398 g/mol. The van der Waals surface area contributed by atoms with E-state index in [0.717, 1.165) is 22.7 Å². The van der Waals surface area contributed by atoms with Gasteiger partial charge in [-0.05, 0) is 73.2 Å². The van der Waals surface area contributed by atoms with Crippen LogP contribution in [-0.4, -0.2) is 22.6 Å². The zero-order valence-electron chi connectivity index (χ0n) is 15.9. The number of ether oxygens (including phenoxy) is 2. The fourth-order valence-electron chi connectivity index (χ4n) is 2.67. The van der Waals surface area contributed by atoms with Gasteiger partial charge in [-0.15, -0.1) is 0 Å². The molecule has 28 heavy (non-hydrogen) atoms. The Hall–Kier alpha value is -3.19. The van der Waals surface area contributed by atoms with Crippen molar-refractivity contribution >= 4 is 27.1 Å². The molecule has 0 atom stereocenters. The van der Waals surface area contributed by atoms with E-state index in [1.54, 1.807) is 43.5 Å². The van der Waals surface area contributed by atoms with Gasteiger partial charge in [-0.3, -0.25) is 4.72 Å². The minimum Gasteiger partial charge on any atom is -0.497 e. The average molecular weight is 398 g/mol. The maximum absolute atomic E-state index is 12.5. The summed E-state index contributed by atoms with van der Waals surface area (Å²) in [4.78, 5) is 0.167. The molecule has 0 unspecified atom stereocenters. The number of hydrogen-bond acceptors (Lipinski definition) is 5. The molecule has 7 heteroatoms. The first-order valence-corrected chi connectivity index (χ1v) is 10.1. The average Bonchev–Trinajstić information content (AvgIpc) is 2.69. The molecule has 6 nitrogen and oxygen atoms in total. The largest absolute Gasteiger partial charge is 0.497 e. The van der Waals surface area contributed by atoms with E-state index >= 15 is 0 Å². The van der Waals surface area contributed by atoms with Crippen LogP contribution in [-0.2, 0) is 10.0 Å². The first-order chi connectivity index (χ1) is 13.4. The number of hydrogen-bond donors (Lipinski definition) is 2. The normalized spacial score (nSPS) is 11.0. The van der Waals surface area contributed by atoms with Crippen LogP contribution in [0.2, 0.25) is 0 Å². The highest BCUT2D eigenvalue weighted by Crippen LogP contribution is 2.29. The van der Waals surface area contributed by atoms with E-state index in [-0.39, 0.29) is 4.90 Å². The third kappa shape index (κ3) is 4.55. The second kappa shape index (κ2) is 8.22. The van der Waals surface area contributed by atoms with Crippen LogP contribution in [0.15, 0.2) is 71.6 Å². The molecular weight excluding hydrogens is 376 g/mol. The zero-order valence-corrected chi connectivity index (χ0v) is 16.7. The van der Waals surface area contributed by atoms with Crippen molar-refractivity contribution in [1.82, 2.24) is 0 Å². The van der Waals surface area contributed by atoms with Crippen molar-refractivity contribution in [3.05, 3.63) is 72.3 Å². The minimum atomic E-state index is -3.67. The van der Waals surface area contributed by atoms with E-state index in [4.69, 9.17) is 9.47 Å². The Morgan fingerprint density at radius 2 is 1.43 bits per heavy atom. The molecule has 0 bridgehead atoms. The molecule has 146 valence electrons. The molecule has 2 N–H and O–H groups in total. The number of sulfonamides is 1. The van der Waals surface area contributed by atoms with E-state index in [1.807, 2.05) is 25.1 Å². The molecular formula is C21H22N2O4S. The maximum atomic E-state index is 12.5. The van der Waals surface area contributed by atoms with Crippen molar-refractivity contribution in [2.75, 3.05) is 24.3 Å². The quantitative estimate of drug-likeness (QED) is 0.610. The lowest BCUT2D eigenvalue weighted by Crippen LogP contribution is -2.12. The molecule has 0 aromatic heterocycles. The second-order valence-electron chi connectivity index (χ2n) is 6.19. The van der Waals surface area contributed by atoms with E-state index < -0.39 is 10.0 Å². The number of nitrogens with one attached hydrogen (secondary N) is 2. The van der Waals surface area contributed by atoms with Gasteiger partial charge in [0.2, 0.25) is 0 Å². The van der Waals surface area contributed by atoms with Gasteiger partial charge in [0.05, 0.1) is 24.8 Å². The Kier molecular flexibility index (Phi) is 5.75. The topological polar surface area (TPSA) is 76.7 Å². The SMILES string of the molecule is COc1ccc(S(=O)(=O)Nc2ccc(Nc3cc(C)ccc3OC)cc2)cc1. The van der Waals surface area contributed by atoms with Crippen LogP contribution >= 0.6 is 0 Å². The summed E-state index contributed by atoms with van der Waals surface area (Å²) in [6.07, 6.45) is 0. The summed E-state index contributed by atoms with van der Waals surface area (Å²) in [5.74, 6) is 1.33. The van der Waals surface area contributed by atoms with Crippen molar-refractivity contribution in [3.8, 4) is 11.5 Å². The molecule has 3 rings (SSSR count). The maximum Gasteiger partial charge on any atom is 0.261 e. The number of methoxy groups -OCH3 is 2. The van der Waals surface area contributed by atoms with Crippen molar-refractivity contribution in [2.24, 2.45) is 0 Å². The van der Waals surface area contributed by atoms with Gasteiger partial charge >= 0.3 is 0 Å². The number of rotatable bonds is 7. The molecule has 0 aliphatic carbocycles. The predicted molar refractivity (Wildman–Crippen MR) is 111 cm³/mol. The Balaban J connectivity index is 1.74. The van der Waals surface area contributed by atoms with E-state index in [9.17, 15) is 8.42 Å². The second-order valence-corrected chi connectivity index (χ2v) is 7.87. The lowest BCUT2D eigenvalue weighted by atomic mass is 10.2. The lowest BCUT2D eigenvalue weighted by molar-refractivity contribution is 0.414. The summed E-state index contributed by atoms with van der Waals surface area (Å²) in [6, 6.07) is 19.1. The van der Waals surface area contributed by atoms with Crippen LogP contribution in [0.5, 0.6) is 11.5 Å². The van der Waals surface area contributed by atoms with Gasteiger partial charge in [0.1, 0.15) is 11.5 Å². The molecule has 0 aliphatic heterocycles. The van der Waals surface area contributed by atoms with Crippen LogP contribution in [0.25, 0.3) is 0 Å². The Bertz CT molecular complexity index is 1050. The molecule has 3 aromatic rings. The molecule has 0 aliphatic rings. The molecule has 0 heterocycles.